The van der Waals surface area contributed by atoms with Gasteiger partial charge in [-0.2, -0.15) is 0 Å². The number of rotatable bonds is 5. The number of nitrogens with zero attached hydrogens (tertiary/aromatic N) is 5. The fourth-order valence-corrected chi connectivity index (χ4v) is 4.00. The van der Waals surface area contributed by atoms with Gasteiger partial charge in [0, 0.05) is 62.3 Å². The number of Topliss-reactive ketones (excluding diaryl/α,β-unsaturated/α-hetero) is 1. The van der Waals surface area contributed by atoms with E-state index in [9.17, 15) is 9.59 Å². The molecule has 0 atom stereocenters. The molecule has 0 bridgehead atoms. The van der Waals surface area contributed by atoms with Crippen molar-refractivity contribution in [2.45, 2.75) is 20.3 Å². The summed E-state index contributed by atoms with van der Waals surface area (Å²) in [5.74, 6) is 1.14. The van der Waals surface area contributed by atoms with Gasteiger partial charge >= 0.3 is 0 Å². The van der Waals surface area contributed by atoms with Gasteiger partial charge in [-0.15, -0.1) is 0 Å². The van der Waals surface area contributed by atoms with E-state index >= 15 is 0 Å². The second-order valence-electron chi connectivity index (χ2n) is 7.99. The minimum absolute atomic E-state index is 0.0252. The lowest BCUT2D eigenvalue weighted by Crippen LogP contribution is -2.48. The number of aromatic nitrogens is 2. The molecule has 1 aromatic heterocycles. The minimum Gasteiger partial charge on any atom is -0.353 e. The summed E-state index contributed by atoms with van der Waals surface area (Å²) in [6, 6.07) is 5.77. The van der Waals surface area contributed by atoms with E-state index < -0.39 is 0 Å². The molecule has 1 saturated heterocycles. The summed E-state index contributed by atoms with van der Waals surface area (Å²) in [5, 5.41) is 0. The Bertz CT molecular complexity index is 891. The van der Waals surface area contributed by atoms with Crippen molar-refractivity contribution in [2.75, 3.05) is 49.1 Å². The molecule has 1 amide bonds. The number of ketones is 1. The molecule has 2 aromatic rings. The molecular weight excluding hydrogens is 366 g/mol. The lowest BCUT2D eigenvalue weighted by atomic mass is 10.0. The van der Waals surface area contributed by atoms with Crippen LogP contribution in [0.5, 0.6) is 0 Å². The van der Waals surface area contributed by atoms with Crippen LogP contribution in [0, 0.1) is 5.92 Å². The third-order valence-corrected chi connectivity index (χ3v) is 5.67. The van der Waals surface area contributed by atoms with E-state index in [0.29, 0.717) is 13.1 Å². The number of benzene rings is 1. The fourth-order valence-electron chi connectivity index (χ4n) is 4.00. The van der Waals surface area contributed by atoms with Gasteiger partial charge in [-0.25, -0.2) is 4.98 Å². The van der Waals surface area contributed by atoms with Gasteiger partial charge in [0.15, 0.2) is 5.78 Å². The van der Waals surface area contributed by atoms with Crippen molar-refractivity contribution in [3.8, 4) is 0 Å². The summed E-state index contributed by atoms with van der Waals surface area (Å²) in [6.07, 6.45) is 5.96. The number of amides is 1. The SMILES string of the molecule is CC(C)C(=O)N1CCc2cc(C(=O)CN3CCN(c4cnccn4)CC3)ccc21. The van der Waals surface area contributed by atoms with Crippen LogP contribution in [0.3, 0.4) is 0 Å². The van der Waals surface area contributed by atoms with Crippen LogP contribution >= 0.6 is 0 Å². The first-order valence-electron chi connectivity index (χ1n) is 10.2. The largest absolute Gasteiger partial charge is 0.353 e. The molecular formula is C22H27N5O2. The lowest BCUT2D eigenvalue weighted by molar-refractivity contribution is -0.121. The summed E-state index contributed by atoms with van der Waals surface area (Å²) >= 11 is 0. The molecule has 7 nitrogen and oxygen atoms in total. The molecule has 0 saturated carbocycles. The molecule has 7 heteroatoms. The molecule has 0 N–H and O–H groups in total. The maximum Gasteiger partial charge on any atom is 0.229 e. The Balaban J connectivity index is 1.36. The first kappa shape index (κ1) is 19.5. The molecule has 3 heterocycles. The van der Waals surface area contributed by atoms with Gasteiger partial charge in [0.1, 0.15) is 5.82 Å². The topological polar surface area (TPSA) is 69.6 Å². The predicted molar refractivity (Wildman–Crippen MR) is 112 cm³/mol. The third kappa shape index (κ3) is 4.15. The van der Waals surface area contributed by atoms with Gasteiger partial charge in [0.25, 0.3) is 0 Å². The highest BCUT2D eigenvalue weighted by atomic mass is 16.2. The zero-order chi connectivity index (χ0) is 20.4. The number of piperazine rings is 1. The average Bonchev–Trinajstić information content (AvgIpc) is 3.17. The summed E-state index contributed by atoms with van der Waals surface area (Å²) in [5.41, 5.74) is 2.79. The van der Waals surface area contributed by atoms with E-state index in [2.05, 4.69) is 19.8 Å². The van der Waals surface area contributed by atoms with Crippen LogP contribution in [-0.4, -0.2) is 65.8 Å². The van der Waals surface area contributed by atoms with Crippen molar-refractivity contribution in [1.82, 2.24) is 14.9 Å². The van der Waals surface area contributed by atoms with Crippen LogP contribution in [0.1, 0.15) is 29.8 Å². The highest BCUT2D eigenvalue weighted by Crippen LogP contribution is 2.30. The number of carbonyl (C=O) groups excluding carboxylic acids is 2. The van der Waals surface area contributed by atoms with Crippen LogP contribution in [0.15, 0.2) is 36.8 Å². The molecule has 0 spiro atoms. The van der Waals surface area contributed by atoms with E-state index in [1.165, 1.54) is 0 Å². The molecule has 0 unspecified atom stereocenters. The van der Waals surface area contributed by atoms with Crippen LogP contribution in [0.4, 0.5) is 11.5 Å². The molecule has 0 aliphatic carbocycles. The maximum absolute atomic E-state index is 12.8. The molecule has 29 heavy (non-hydrogen) atoms. The van der Waals surface area contributed by atoms with Gasteiger partial charge in [0.05, 0.1) is 12.7 Å². The molecule has 2 aliphatic heterocycles. The first-order chi connectivity index (χ1) is 14.0. The zero-order valence-corrected chi connectivity index (χ0v) is 17.0. The Morgan fingerprint density at radius 1 is 1.07 bits per heavy atom. The number of carbonyl (C=O) groups is 2. The Morgan fingerprint density at radius 3 is 2.55 bits per heavy atom. The Hall–Kier alpha value is -2.80. The number of anilines is 2. The highest BCUT2D eigenvalue weighted by Gasteiger charge is 2.27. The van der Waals surface area contributed by atoms with Crippen molar-refractivity contribution >= 4 is 23.2 Å². The van der Waals surface area contributed by atoms with Crippen LogP contribution in [-0.2, 0) is 11.2 Å². The van der Waals surface area contributed by atoms with Crippen molar-refractivity contribution in [3.63, 3.8) is 0 Å². The van der Waals surface area contributed by atoms with Crippen molar-refractivity contribution in [1.29, 1.82) is 0 Å². The number of hydrogen-bond donors (Lipinski definition) is 0. The van der Waals surface area contributed by atoms with E-state index in [4.69, 9.17) is 0 Å². The van der Waals surface area contributed by atoms with Crippen molar-refractivity contribution in [3.05, 3.63) is 47.9 Å². The Morgan fingerprint density at radius 2 is 1.86 bits per heavy atom. The Labute approximate surface area is 171 Å². The second-order valence-corrected chi connectivity index (χ2v) is 7.99. The minimum atomic E-state index is -0.0252. The van der Waals surface area contributed by atoms with Crippen molar-refractivity contribution < 1.29 is 9.59 Å². The molecule has 1 aromatic carbocycles. The van der Waals surface area contributed by atoms with E-state index in [1.54, 1.807) is 18.6 Å². The maximum atomic E-state index is 12.8. The monoisotopic (exact) mass is 393 g/mol. The van der Waals surface area contributed by atoms with Gasteiger partial charge in [-0.3, -0.25) is 19.5 Å². The van der Waals surface area contributed by atoms with Crippen LogP contribution in [0.2, 0.25) is 0 Å². The third-order valence-electron chi connectivity index (χ3n) is 5.67. The fraction of sp³-hybridized carbons (Fsp3) is 0.455. The summed E-state index contributed by atoms with van der Waals surface area (Å²) in [4.78, 5) is 39.9. The molecule has 2 aliphatic rings. The van der Waals surface area contributed by atoms with Gasteiger partial charge in [0.2, 0.25) is 5.91 Å². The van der Waals surface area contributed by atoms with Gasteiger partial charge in [-0.05, 0) is 30.2 Å². The second kappa shape index (κ2) is 8.29. The standard InChI is InChI=1S/C22H27N5O2/c1-16(2)22(29)27-8-5-17-13-18(3-4-19(17)27)20(28)15-25-9-11-26(12-10-25)21-14-23-6-7-24-21/h3-4,6-7,13-14,16H,5,8-12,15H2,1-2H3. The lowest BCUT2D eigenvalue weighted by Gasteiger charge is -2.34. The average molecular weight is 393 g/mol. The zero-order valence-electron chi connectivity index (χ0n) is 17.0. The van der Waals surface area contributed by atoms with Gasteiger partial charge in [-0.1, -0.05) is 13.8 Å². The first-order valence-corrected chi connectivity index (χ1v) is 10.2. The van der Waals surface area contributed by atoms with Crippen LogP contribution < -0.4 is 9.80 Å². The van der Waals surface area contributed by atoms with E-state index in [0.717, 1.165) is 55.2 Å². The Kier molecular flexibility index (Phi) is 5.58. The smallest absolute Gasteiger partial charge is 0.229 e. The summed E-state index contributed by atoms with van der Waals surface area (Å²) in [6.45, 7) is 8.28. The van der Waals surface area contributed by atoms with Crippen LogP contribution in [0.25, 0.3) is 0 Å². The summed E-state index contributed by atoms with van der Waals surface area (Å²) in [7, 11) is 0. The molecule has 1 fully saturated rings. The number of fused-ring (bicyclic) bond motifs is 1. The quantitative estimate of drug-likeness (QED) is 0.724. The normalized spacial score (nSPS) is 16.9. The molecule has 0 radical (unpaired) electrons. The van der Waals surface area contributed by atoms with E-state index in [1.807, 2.05) is 36.9 Å². The number of hydrogen-bond acceptors (Lipinski definition) is 6. The highest BCUT2D eigenvalue weighted by molar-refractivity contribution is 6.00. The molecule has 4 rings (SSSR count). The predicted octanol–water partition coefficient (Wildman–Crippen LogP) is 2.03. The summed E-state index contributed by atoms with van der Waals surface area (Å²) < 4.78 is 0. The van der Waals surface area contributed by atoms with Crippen molar-refractivity contribution in [2.24, 2.45) is 5.92 Å². The van der Waals surface area contributed by atoms with Gasteiger partial charge < -0.3 is 9.80 Å². The van der Waals surface area contributed by atoms with E-state index in [-0.39, 0.29) is 17.6 Å². The molecule has 152 valence electrons.